The third-order valence-corrected chi connectivity index (χ3v) is 9.56. The number of carbonyl (C=O) groups is 4. The van der Waals surface area contributed by atoms with Crippen molar-refractivity contribution in [3.05, 3.63) is 89.2 Å². The van der Waals surface area contributed by atoms with Gasteiger partial charge in [-0.25, -0.2) is 0 Å². The van der Waals surface area contributed by atoms with Crippen LogP contribution in [0.5, 0.6) is 0 Å². The summed E-state index contributed by atoms with van der Waals surface area (Å²) in [6, 6.07) is 18.5. The molecule has 2 aliphatic rings. The molecular formula is C37H49N7O4. The number of nitrogens with zero attached hydrogens (tertiary/aromatic N) is 4. The molecule has 2 aromatic carbocycles. The SMILES string of the molecule is CCC(=O)NC(Cc1ccc(CNC(=O)C(NC(=O)c2ccnn2C)C2CCCCC2)cc1)C(=O)N1CCN(Cc2ccccc2)CC1. The van der Waals surface area contributed by atoms with Gasteiger partial charge in [0.15, 0.2) is 0 Å². The predicted molar refractivity (Wildman–Crippen MR) is 184 cm³/mol. The van der Waals surface area contributed by atoms with E-state index in [1.54, 1.807) is 26.2 Å². The van der Waals surface area contributed by atoms with Crippen molar-refractivity contribution < 1.29 is 19.2 Å². The molecule has 1 saturated heterocycles. The van der Waals surface area contributed by atoms with E-state index in [0.29, 0.717) is 38.2 Å². The van der Waals surface area contributed by atoms with Crippen LogP contribution in [0, 0.1) is 5.92 Å². The van der Waals surface area contributed by atoms with Crippen LogP contribution in [0.2, 0.25) is 0 Å². The van der Waals surface area contributed by atoms with Gasteiger partial charge in [0.25, 0.3) is 5.91 Å². The molecule has 256 valence electrons. The Morgan fingerprint density at radius 2 is 1.52 bits per heavy atom. The molecule has 48 heavy (non-hydrogen) atoms. The zero-order chi connectivity index (χ0) is 33.9. The average Bonchev–Trinajstić information content (AvgIpc) is 3.56. The summed E-state index contributed by atoms with van der Waals surface area (Å²) < 4.78 is 1.51. The van der Waals surface area contributed by atoms with Crippen molar-refractivity contribution in [3.8, 4) is 0 Å². The van der Waals surface area contributed by atoms with Crippen LogP contribution in [0.1, 0.15) is 72.6 Å². The van der Waals surface area contributed by atoms with Gasteiger partial charge in [0.05, 0.1) is 0 Å². The molecule has 1 saturated carbocycles. The van der Waals surface area contributed by atoms with Crippen LogP contribution in [-0.4, -0.2) is 81.5 Å². The van der Waals surface area contributed by atoms with Gasteiger partial charge in [0, 0.05) is 65.4 Å². The molecule has 5 rings (SSSR count). The van der Waals surface area contributed by atoms with Crippen LogP contribution in [0.15, 0.2) is 66.9 Å². The first kappa shape index (κ1) is 34.8. The number of piperazine rings is 1. The summed E-state index contributed by atoms with van der Waals surface area (Å²) in [7, 11) is 1.71. The molecule has 2 unspecified atom stereocenters. The summed E-state index contributed by atoms with van der Waals surface area (Å²) in [5.74, 6) is -0.637. The molecule has 2 heterocycles. The van der Waals surface area contributed by atoms with E-state index < -0.39 is 12.1 Å². The maximum absolute atomic E-state index is 13.6. The molecule has 11 nitrogen and oxygen atoms in total. The lowest BCUT2D eigenvalue weighted by molar-refractivity contribution is -0.138. The fourth-order valence-corrected chi connectivity index (χ4v) is 6.69. The monoisotopic (exact) mass is 655 g/mol. The van der Waals surface area contributed by atoms with Crippen molar-refractivity contribution in [2.75, 3.05) is 26.2 Å². The van der Waals surface area contributed by atoms with E-state index in [4.69, 9.17) is 0 Å². The molecule has 1 aliphatic carbocycles. The van der Waals surface area contributed by atoms with Crippen LogP contribution < -0.4 is 16.0 Å². The molecule has 1 aliphatic heterocycles. The van der Waals surface area contributed by atoms with E-state index in [2.05, 4.69) is 38.1 Å². The second kappa shape index (κ2) is 17.1. The highest BCUT2D eigenvalue weighted by Crippen LogP contribution is 2.27. The molecule has 0 bridgehead atoms. The minimum absolute atomic E-state index is 0.0607. The van der Waals surface area contributed by atoms with Crippen molar-refractivity contribution in [2.24, 2.45) is 13.0 Å². The Hall–Kier alpha value is -4.51. The highest BCUT2D eigenvalue weighted by Gasteiger charge is 2.32. The number of aromatic nitrogens is 2. The molecule has 1 aromatic heterocycles. The van der Waals surface area contributed by atoms with Gasteiger partial charge in [0.1, 0.15) is 17.8 Å². The molecular weight excluding hydrogens is 606 g/mol. The second-order valence-electron chi connectivity index (χ2n) is 13.0. The van der Waals surface area contributed by atoms with Gasteiger partial charge in [-0.1, -0.05) is 80.8 Å². The quantitative estimate of drug-likeness (QED) is 0.260. The van der Waals surface area contributed by atoms with Crippen molar-refractivity contribution in [1.82, 2.24) is 35.5 Å². The smallest absolute Gasteiger partial charge is 0.270 e. The van der Waals surface area contributed by atoms with E-state index in [9.17, 15) is 19.2 Å². The van der Waals surface area contributed by atoms with Gasteiger partial charge in [0.2, 0.25) is 17.7 Å². The lowest BCUT2D eigenvalue weighted by atomic mass is 9.83. The number of benzene rings is 2. The highest BCUT2D eigenvalue weighted by atomic mass is 16.2. The number of amides is 4. The van der Waals surface area contributed by atoms with Crippen molar-refractivity contribution >= 4 is 23.6 Å². The largest absolute Gasteiger partial charge is 0.350 e. The Labute approximate surface area is 283 Å². The third kappa shape index (κ3) is 9.53. The fourth-order valence-electron chi connectivity index (χ4n) is 6.69. The molecule has 0 radical (unpaired) electrons. The maximum atomic E-state index is 13.6. The third-order valence-electron chi connectivity index (χ3n) is 9.56. The average molecular weight is 656 g/mol. The minimum Gasteiger partial charge on any atom is -0.350 e. The summed E-state index contributed by atoms with van der Waals surface area (Å²) in [5, 5.41) is 13.1. The fraction of sp³-hybridized carbons (Fsp3) is 0.486. The van der Waals surface area contributed by atoms with Gasteiger partial charge >= 0.3 is 0 Å². The predicted octanol–water partition coefficient (Wildman–Crippen LogP) is 3.20. The highest BCUT2D eigenvalue weighted by molar-refractivity contribution is 5.96. The summed E-state index contributed by atoms with van der Waals surface area (Å²) in [5.41, 5.74) is 3.50. The first-order chi connectivity index (χ1) is 23.3. The molecule has 2 atom stereocenters. The zero-order valence-corrected chi connectivity index (χ0v) is 28.2. The van der Waals surface area contributed by atoms with Crippen LogP contribution in [0.3, 0.4) is 0 Å². The first-order valence-electron chi connectivity index (χ1n) is 17.3. The van der Waals surface area contributed by atoms with Crippen molar-refractivity contribution in [1.29, 1.82) is 0 Å². The molecule has 3 aromatic rings. The van der Waals surface area contributed by atoms with E-state index in [0.717, 1.165) is 62.9 Å². The summed E-state index contributed by atoms with van der Waals surface area (Å²) >= 11 is 0. The van der Waals surface area contributed by atoms with Crippen LogP contribution in [0.4, 0.5) is 0 Å². The first-order valence-corrected chi connectivity index (χ1v) is 17.3. The number of nitrogens with one attached hydrogen (secondary N) is 3. The van der Waals surface area contributed by atoms with E-state index in [1.165, 1.54) is 10.2 Å². The standard InChI is InChI=1S/C37H49N7O4/c1-3-33(45)40-31(37(48)44-22-20-43(21-23-44)26-29-10-6-4-7-11-29)24-27-14-16-28(17-15-27)25-38-36(47)34(30-12-8-5-9-13-30)41-35(46)32-18-19-39-42(32)2/h4,6-7,10-11,14-19,30-31,34H,3,5,8-9,12-13,20-26H2,1-2H3,(H,38,47)(H,40,45)(H,41,46). The maximum Gasteiger partial charge on any atom is 0.270 e. The van der Waals surface area contributed by atoms with Gasteiger partial charge in [-0.05, 0) is 41.5 Å². The molecule has 11 heteroatoms. The van der Waals surface area contributed by atoms with E-state index in [-0.39, 0.29) is 29.5 Å². The van der Waals surface area contributed by atoms with Crippen molar-refractivity contribution in [3.63, 3.8) is 0 Å². The molecule has 0 spiro atoms. The lowest BCUT2D eigenvalue weighted by Crippen LogP contribution is -2.55. The van der Waals surface area contributed by atoms with E-state index in [1.807, 2.05) is 47.4 Å². The summed E-state index contributed by atoms with van der Waals surface area (Å²) in [4.78, 5) is 56.7. The molecule has 2 fully saturated rings. The second-order valence-corrected chi connectivity index (χ2v) is 13.0. The molecule has 4 amide bonds. The van der Waals surface area contributed by atoms with Crippen LogP contribution in [0.25, 0.3) is 0 Å². The van der Waals surface area contributed by atoms with Crippen LogP contribution in [-0.2, 0) is 40.9 Å². The van der Waals surface area contributed by atoms with Gasteiger partial charge in [-0.15, -0.1) is 0 Å². The normalized spacial score (nSPS) is 16.9. The van der Waals surface area contributed by atoms with Crippen molar-refractivity contribution in [2.45, 2.75) is 77.0 Å². The number of rotatable bonds is 13. The van der Waals surface area contributed by atoms with Gasteiger partial charge in [-0.3, -0.25) is 28.8 Å². The number of hydrogen-bond donors (Lipinski definition) is 3. The minimum atomic E-state index is -0.650. The Morgan fingerprint density at radius 1 is 0.833 bits per heavy atom. The lowest BCUT2D eigenvalue weighted by Gasteiger charge is -2.36. The number of hydrogen-bond acceptors (Lipinski definition) is 6. The summed E-state index contributed by atoms with van der Waals surface area (Å²) in [6.07, 6.45) is 7.29. The Bertz CT molecular complexity index is 1510. The zero-order valence-electron chi connectivity index (χ0n) is 28.2. The molecule has 3 N–H and O–H groups in total. The number of aryl methyl sites for hydroxylation is 1. The number of carbonyl (C=O) groups excluding carboxylic acids is 4. The van der Waals surface area contributed by atoms with Crippen LogP contribution >= 0.6 is 0 Å². The Morgan fingerprint density at radius 3 is 2.17 bits per heavy atom. The summed E-state index contributed by atoms with van der Waals surface area (Å²) in [6.45, 7) is 5.75. The van der Waals surface area contributed by atoms with Gasteiger partial charge < -0.3 is 20.9 Å². The Kier molecular flexibility index (Phi) is 12.4. The Balaban J connectivity index is 1.16. The van der Waals surface area contributed by atoms with Gasteiger partial charge in [-0.2, -0.15) is 5.10 Å². The van der Waals surface area contributed by atoms with E-state index >= 15 is 0 Å². The topological polar surface area (TPSA) is 129 Å².